The van der Waals surface area contributed by atoms with Crippen molar-refractivity contribution in [2.75, 3.05) is 0 Å². The molecule has 2 aromatic carbocycles. The molecule has 0 aliphatic carbocycles. The van der Waals surface area contributed by atoms with Gasteiger partial charge in [-0.15, -0.1) is 0 Å². The highest BCUT2D eigenvalue weighted by atomic mass is 16.1. The molecule has 4 nitrogen and oxygen atoms in total. The van der Waals surface area contributed by atoms with Crippen LogP contribution in [0.15, 0.2) is 64.6 Å². The Balaban J connectivity index is 1.99. The molecule has 0 aromatic heterocycles. The van der Waals surface area contributed by atoms with E-state index < -0.39 is 5.91 Å². The van der Waals surface area contributed by atoms with Gasteiger partial charge < -0.3 is 5.73 Å². The second kappa shape index (κ2) is 6.28. The fourth-order valence-electron chi connectivity index (χ4n) is 1.50. The lowest BCUT2D eigenvalue weighted by atomic mass is 10.1. The minimum atomic E-state index is -0.430. The van der Waals surface area contributed by atoms with Gasteiger partial charge in [0, 0.05) is 5.56 Å². The summed E-state index contributed by atoms with van der Waals surface area (Å²) in [5.41, 5.74) is 7.44. The molecule has 0 atom stereocenters. The largest absolute Gasteiger partial charge is 0.366 e. The molecule has 0 heterocycles. The standard InChI is InChI=1S/C15H13N3O/c16-15(19)13-8-6-12(7-9-13)10-17-11-18-14-4-2-1-3-5-14/h1-9H,10H2,(H2,16,19). The molecule has 4 heteroatoms. The van der Waals surface area contributed by atoms with Crippen LogP contribution in [-0.2, 0) is 6.54 Å². The summed E-state index contributed by atoms with van der Waals surface area (Å²) < 4.78 is 0. The van der Waals surface area contributed by atoms with Gasteiger partial charge >= 0.3 is 0 Å². The Morgan fingerprint density at radius 2 is 1.74 bits per heavy atom. The zero-order valence-electron chi connectivity index (χ0n) is 10.3. The van der Waals surface area contributed by atoms with E-state index in [1.165, 1.54) is 0 Å². The van der Waals surface area contributed by atoms with Crippen LogP contribution >= 0.6 is 0 Å². The minimum Gasteiger partial charge on any atom is -0.366 e. The third kappa shape index (κ3) is 3.91. The van der Waals surface area contributed by atoms with Crippen molar-refractivity contribution in [3.8, 4) is 0 Å². The fraction of sp³-hybridized carbons (Fsp3) is 0.0667. The van der Waals surface area contributed by atoms with Crippen LogP contribution < -0.4 is 5.73 Å². The zero-order chi connectivity index (χ0) is 13.5. The molecule has 0 aliphatic rings. The van der Waals surface area contributed by atoms with Crippen LogP contribution in [0, 0.1) is 0 Å². The molecule has 0 unspecified atom stereocenters. The van der Waals surface area contributed by atoms with Crippen molar-refractivity contribution in [1.82, 2.24) is 0 Å². The second-order valence-corrected chi connectivity index (χ2v) is 3.92. The van der Waals surface area contributed by atoms with Gasteiger partial charge in [0.25, 0.3) is 0 Å². The Bertz CT molecular complexity index is 612. The second-order valence-electron chi connectivity index (χ2n) is 3.92. The van der Waals surface area contributed by atoms with Crippen molar-refractivity contribution < 1.29 is 4.79 Å². The Labute approximate surface area is 111 Å². The molecular weight excluding hydrogens is 238 g/mol. The van der Waals surface area contributed by atoms with Crippen LogP contribution in [0.2, 0.25) is 0 Å². The summed E-state index contributed by atoms with van der Waals surface area (Å²) in [5.74, 6) is -0.430. The summed E-state index contributed by atoms with van der Waals surface area (Å²) in [5, 5.41) is 0. The van der Waals surface area contributed by atoms with Gasteiger partial charge in [0.05, 0.1) is 18.2 Å². The highest BCUT2D eigenvalue weighted by molar-refractivity contribution is 5.92. The van der Waals surface area contributed by atoms with Crippen LogP contribution in [0.5, 0.6) is 0 Å². The van der Waals surface area contributed by atoms with E-state index in [1.807, 2.05) is 42.5 Å². The van der Waals surface area contributed by atoms with Gasteiger partial charge in [-0.1, -0.05) is 30.3 Å². The van der Waals surface area contributed by atoms with Crippen LogP contribution in [-0.4, -0.2) is 11.9 Å². The maximum atomic E-state index is 10.9. The first-order valence-electron chi connectivity index (χ1n) is 5.82. The smallest absolute Gasteiger partial charge is 0.248 e. The van der Waals surface area contributed by atoms with Gasteiger partial charge in [-0.3, -0.25) is 4.79 Å². The van der Waals surface area contributed by atoms with Crippen LogP contribution in [0.25, 0.3) is 0 Å². The number of carbonyl (C=O) groups excluding carboxylic acids is 1. The Hall–Kier alpha value is -2.71. The Kier molecular flexibility index (Phi) is 4.21. The molecule has 1 amide bonds. The normalized spacial score (nSPS) is 9.47. The lowest BCUT2D eigenvalue weighted by Crippen LogP contribution is -2.10. The summed E-state index contributed by atoms with van der Waals surface area (Å²) in [6, 6.07) is 19.1. The maximum absolute atomic E-state index is 10.9. The number of carbonyl (C=O) groups is 1. The number of rotatable bonds is 4. The number of para-hydroxylation sites is 1. The first-order valence-corrected chi connectivity index (χ1v) is 5.82. The van der Waals surface area contributed by atoms with Crippen LogP contribution in [0.4, 0.5) is 5.69 Å². The number of hydrogen-bond acceptors (Lipinski definition) is 3. The molecular formula is C15H13N3O. The van der Waals surface area contributed by atoms with Crippen molar-refractivity contribution in [2.45, 2.75) is 6.54 Å². The summed E-state index contributed by atoms with van der Waals surface area (Å²) in [4.78, 5) is 19.1. The maximum Gasteiger partial charge on any atom is 0.248 e. The number of nitrogens with two attached hydrogens (primary N) is 1. The van der Waals surface area contributed by atoms with E-state index in [0.717, 1.165) is 11.3 Å². The Morgan fingerprint density at radius 1 is 1.05 bits per heavy atom. The molecule has 0 spiro atoms. The van der Waals surface area contributed by atoms with Gasteiger partial charge in [-0.05, 0) is 29.8 Å². The highest BCUT2D eigenvalue weighted by Crippen LogP contribution is 2.08. The fourth-order valence-corrected chi connectivity index (χ4v) is 1.50. The van der Waals surface area contributed by atoms with E-state index >= 15 is 0 Å². The predicted molar refractivity (Wildman–Crippen MR) is 74.6 cm³/mol. The van der Waals surface area contributed by atoms with Crippen molar-refractivity contribution >= 4 is 17.6 Å². The number of amides is 1. The van der Waals surface area contributed by atoms with E-state index in [0.29, 0.717) is 12.1 Å². The van der Waals surface area contributed by atoms with Crippen molar-refractivity contribution in [1.29, 1.82) is 0 Å². The summed E-state index contributed by atoms with van der Waals surface area (Å²) in [7, 11) is 0. The minimum absolute atomic E-state index is 0.430. The summed E-state index contributed by atoms with van der Waals surface area (Å²) in [6.45, 7) is 0.468. The van der Waals surface area contributed by atoms with Crippen LogP contribution in [0.1, 0.15) is 15.9 Å². The average molecular weight is 251 g/mol. The third-order valence-corrected chi connectivity index (χ3v) is 2.51. The zero-order valence-corrected chi connectivity index (χ0v) is 10.3. The van der Waals surface area contributed by atoms with Crippen LogP contribution in [0.3, 0.4) is 0 Å². The molecule has 94 valence electrons. The lowest BCUT2D eigenvalue weighted by molar-refractivity contribution is 0.100. The Morgan fingerprint density at radius 3 is 2.37 bits per heavy atom. The molecule has 0 saturated carbocycles. The number of aliphatic imine (C=N–C) groups is 2. The van der Waals surface area contributed by atoms with Gasteiger partial charge in [-0.2, -0.15) is 4.99 Å². The summed E-state index contributed by atoms with van der Waals surface area (Å²) >= 11 is 0. The SMILES string of the molecule is NC(=O)c1ccc(CN=C=Nc2ccccc2)cc1. The topological polar surface area (TPSA) is 67.8 Å². The monoisotopic (exact) mass is 251 g/mol. The van der Waals surface area contributed by atoms with Gasteiger partial charge in [0.1, 0.15) is 0 Å². The van der Waals surface area contributed by atoms with E-state index in [4.69, 9.17) is 5.73 Å². The molecule has 2 N–H and O–H groups in total. The highest BCUT2D eigenvalue weighted by Gasteiger charge is 1.98. The van der Waals surface area contributed by atoms with Crippen molar-refractivity contribution in [2.24, 2.45) is 15.7 Å². The van der Waals surface area contributed by atoms with Gasteiger partial charge in [-0.25, -0.2) is 4.99 Å². The third-order valence-electron chi connectivity index (χ3n) is 2.51. The molecule has 0 saturated heterocycles. The van der Waals surface area contributed by atoms with Gasteiger partial charge in [0.15, 0.2) is 0 Å². The predicted octanol–water partition coefficient (Wildman–Crippen LogP) is 2.79. The first kappa shape index (κ1) is 12.7. The molecule has 0 aliphatic heterocycles. The molecule has 0 radical (unpaired) electrons. The van der Waals surface area contributed by atoms with E-state index in [1.54, 1.807) is 12.1 Å². The van der Waals surface area contributed by atoms with E-state index in [9.17, 15) is 4.79 Å². The summed E-state index contributed by atoms with van der Waals surface area (Å²) in [6.07, 6.45) is 0. The molecule has 19 heavy (non-hydrogen) atoms. The van der Waals surface area contributed by atoms with E-state index in [-0.39, 0.29) is 0 Å². The van der Waals surface area contributed by atoms with Crippen molar-refractivity contribution in [3.05, 3.63) is 65.7 Å². The first-order chi connectivity index (χ1) is 9.25. The molecule has 2 rings (SSSR count). The quantitative estimate of drug-likeness (QED) is 0.834. The number of benzene rings is 2. The van der Waals surface area contributed by atoms with E-state index in [2.05, 4.69) is 16.0 Å². The number of primary amides is 1. The molecule has 2 aromatic rings. The number of nitrogens with zero attached hydrogens (tertiary/aromatic N) is 2. The van der Waals surface area contributed by atoms with Crippen molar-refractivity contribution in [3.63, 3.8) is 0 Å². The molecule has 0 bridgehead atoms. The molecule has 0 fully saturated rings. The lowest BCUT2D eigenvalue weighted by Gasteiger charge is -1.97. The van der Waals surface area contributed by atoms with Gasteiger partial charge in [0.2, 0.25) is 5.91 Å². The average Bonchev–Trinajstić information content (AvgIpc) is 2.45. The number of hydrogen-bond donors (Lipinski definition) is 1.